The minimum absolute atomic E-state index is 0.120. The fourth-order valence-corrected chi connectivity index (χ4v) is 5.19. The number of thioether (sulfide) groups is 1. The summed E-state index contributed by atoms with van der Waals surface area (Å²) in [5, 5.41) is 9.75. The molecule has 0 saturated carbocycles. The minimum atomic E-state index is -0.274. The van der Waals surface area contributed by atoms with Gasteiger partial charge in [0, 0.05) is 31.7 Å². The van der Waals surface area contributed by atoms with Gasteiger partial charge in [-0.15, -0.1) is 0 Å². The molecule has 172 valence electrons. The lowest BCUT2D eigenvalue weighted by Gasteiger charge is -2.33. The third-order valence-corrected chi connectivity index (χ3v) is 6.97. The van der Waals surface area contributed by atoms with E-state index in [2.05, 4.69) is 17.9 Å². The third-order valence-electron chi connectivity index (χ3n) is 5.59. The van der Waals surface area contributed by atoms with Gasteiger partial charge in [0.2, 0.25) is 0 Å². The van der Waals surface area contributed by atoms with Gasteiger partial charge in [0.25, 0.3) is 11.5 Å². The topological polar surface area (TPSA) is 78.6 Å². The van der Waals surface area contributed by atoms with E-state index in [-0.39, 0.29) is 17.0 Å². The summed E-state index contributed by atoms with van der Waals surface area (Å²) < 4.78 is 7.78. The zero-order chi connectivity index (χ0) is 23.4. The average Bonchev–Trinajstić information content (AvgIpc) is 3.02. The SMILES string of the molecule is CCCCn1c(N2CCOCC2)c(/C=C2/SC(=S)N(CC(C)C)C2=O)c(C)c(C#N)c1=O. The number of ether oxygens (including phenoxy) is 1. The van der Waals surface area contributed by atoms with Gasteiger partial charge in [-0.1, -0.05) is 51.2 Å². The second-order valence-corrected chi connectivity index (χ2v) is 10.1. The van der Waals surface area contributed by atoms with Crippen LogP contribution in [0.5, 0.6) is 0 Å². The van der Waals surface area contributed by atoms with Crippen LogP contribution in [0.3, 0.4) is 0 Å². The quantitative estimate of drug-likeness (QED) is 0.442. The van der Waals surface area contributed by atoms with Gasteiger partial charge in [0.05, 0.1) is 18.1 Å². The van der Waals surface area contributed by atoms with Crippen molar-refractivity contribution in [2.45, 2.75) is 47.1 Å². The van der Waals surface area contributed by atoms with E-state index in [1.54, 1.807) is 16.4 Å². The van der Waals surface area contributed by atoms with Crippen molar-refractivity contribution in [3.63, 3.8) is 0 Å². The second kappa shape index (κ2) is 10.6. The number of carbonyl (C=O) groups is 1. The molecule has 9 heteroatoms. The molecule has 2 aliphatic rings. The molecule has 3 rings (SSSR count). The molecule has 7 nitrogen and oxygen atoms in total. The monoisotopic (exact) mass is 474 g/mol. The molecule has 2 fully saturated rings. The van der Waals surface area contributed by atoms with Gasteiger partial charge in [0.1, 0.15) is 21.8 Å². The Hall–Kier alpha value is -2.15. The highest BCUT2D eigenvalue weighted by atomic mass is 32.2. The molecule has 3 heterocycles. The number of pyridine rings is 1. The summed E-state index contributed by atoms with van der Waals surface area (Å²) in [7, 11) is 0. The van der Waals surface area contributed by atoms with E-state index in [0.29, 0.717) is 60.1 Å². The van der Waals surface area contributed by atoms with Crippen molar-refractivity contribution in [2.75, 3.05) is 37.7 Å². The number of rotatable bonds is 7. The van der Waals surface area contributed by atoms with Gasteiger partial charge in [-0.05, 0) is 30.9 Å². The number of amides is 1. The predicted octanol–water partition coefficient (Wildman–Crippen LogP) is 3.52. The number of morpholine rings is 1. The standard InChI is InChI=1S/C23H30N4O3S2/c1-5-6-7-26-20(25-8-10-30-11-9-25)17(16(4)18(13-24)21(26)28)12-19-22(29)27(14-15(2)3)23(31)32-19/h12,15H,5-11,14H2,1-4H3/b19-12+. The van der Waals surface area contributed by atoms with E-state index in [0.717, 1.165) is 24.2 Å². The summed E-state index contributed by atoms with van der Waals surface area (Å²) >= 11 is 6.74. The summed E-state index contributed by atoms with van der Waals surface area (Å²) in [5.41, 5.74) is 1.19. The molecule has 2 saturated heterocycles. The number of carbonyl (C=O) groups excluding carboxylic acids is 1. The Balaban J connectivity index is 2.20. The van der Waals surface area contributed by atoms with Crippen molar-refractivity contribution >= 4 is 46.1 Å². The Bertz CT molecular complexity index is 1030. The van der Waals surface area contributed by atoms with Crippen molar-refractivity contribution in [2.24, 2.45) is 5.92 Å². The van der Waals surface area contributed by atoms with Crippen LogP contribution in [0, 0.1) is 24.2 Å². The lowest BCUT2D eigenvalue weighted by Crippen LogP contribution is -2.41. The lowest BCUT2D eigenvalue weighted by atomic mass is 10.0. The molecule has 0 N–H and O–H groups in total. The number of anilines is 1. The summed E-state index contributed by atoms with van der Waals surface area (Å²) in [4.78, 5) is 30.6. The third kappa shape index (κ3) is 4.92. The maximum Gasteiger partial charge on any atom is 0.270 e. The van der Waals surface area contributed by atoms with Crippen LogP contribution in [0.25, 0.3) is 6.08 Å². The molecule has 2 aliphatic heterocycles. The minimum Gasteiger partial charge on any atom is -0.378 e. The number of aromatic nitrogens is 1. The number of nitrogens with zero attached hydrogens (tertiary/aromatic N) is 4. The largest absolute Gasteiger partial charge is 0.378 e. The highest BCUT2D eigenvalue weighted by Crippen LogP contribution is 2.36. The Morgan fingerprint density at radius 3 is 2.56 bits per heavy atom. The van der Waals surface area contributed by atoms with Gasteiger partial charge in [0.15, 0.2) is 0 Å². The molecule has 0 bridgehead atoms. The molecule has 32 heavy (non-hydrogen) atoms. The number of thiocarbonyl (C=S) groups is 1. The van der Waals surface area contributed by atoms with E-state index in [9.17, 15) is 14.9 Å². The summed E-state index contributed by atoms with van der Waals surface area (Å²) in [6.45, 7) is 11.5. The first kappa shape index (κ1) is 24.5. The van der Waals surface area contributed by atoms with Crippen LogP contribution in [-0.2, 0) is 16.1 Å². The first-order valence-electron chi connectivity index (χ1n) is 11.1. The molecule has 0 atom stereocenters. The lowest BCUT2D eigenvalue weighted by molar-refractivity contribution is -0.122. The van der Waals surface area contributed by atoms with Gasteiger partial charge < -0.3 is 9.64 Å². The molecule has 0 unspecified atom stereocenters. The van der Waals surface area contributed by atoms with Crippen LogP contribution < -0.4 is 10.5 Å². The summed E-state index contributed by atoms with van der Waals surface area (Å²) in [6, 6.07) is 2.10. The van der Waals surface area contributed by atoms with Crippen molar-refractivity contribution in [1.29, 1.82) is 5.26 Å². The van der Waals surface area contributed by atoms with Crippen LogP contribution in [0.2, 0.25) is 0 Å². The first-order valence-corrected chi connectivity index (χ1v) is 12.3. The van der Waals surface area contributed by atoms with Crippen LogP contribution in [0.1, 0.15) is 50.3 Å². The number of unbranched alkanes of at least 4 members (excludes halogenated alkanes) is 1. The fourth-order valence-electron chi connectivity index (χ4n) is 3.94. The zero-order valence-corrected chi connectivity index (χ0v) is 20.8. The second-order valence-electron chi connectivity index (χ2n) is 8.45. The normalized spacial score (nSPS) is 18.2. The van der Waals surface area contributed by atoms with E-state index >= 15 is 0 Å². The molecular weight excluding hydrogens is 444 g/mol. The zero-order valence-electron chi connectivity index (χ0n) is 19.1. The van der Waals surface area contributed by atoms with Gasteiger partial charge in [-0.25, -0.2) is 0 Å². The highest BCUT2D eigenvalue weighted by Gasteiger charge is 2.33. The van der Waals surface area contributed by atoms with Gasteiger partial charge in [-0.2, -0.15) is 5.26 Å². The van der Waals surface area contributed by atoms with Crippen LogP contribution >= 0.6 is 24.0 Å². The van der Waals surface area contributed by atoms with Gasteiger partial charge >= 0.3 is 0 Å². The van der Waals surface area contributed by atoms with E-state index in [1.807, 2.05) is 19.9 Å². The molecule has 1 amide bonds. The Kier molecular flexibility index (Phi) is 8.15. The Labute approximate surface area is 199 Å². The Morgan fingerprint density at radius 1 is 1.28 bits per heavy atom. The van der Waals surface area contributed by atoms with Gasteiger partial charge in [-0.3, -0.25) is 19.1 Å². The maximum atomic E-state index is 13.2. The summed E-state index contributed by atoms with van der Waals surface area (Å²) in [6.07, 6.45) is 3.57. The van der Waals surface area contributed by atoms with Crippen molar-refractivity contribution < 1.29 is 9.53 Å². The molecule has 0 spiro atoms. The smallest absolute Gasteiger partial charge is 0.270 e. The predicted molar refractivity (Wildman–Crippen MR) is 133 cm³/mol. The number of nitriles is 1. The van der Waals surface area contributed by atoms with E-state index < -0.39 is 0 Å². The molecule has 0 aliphatic carbocycles. The van der Waals surface area contributed by atoms with E-state index in [1.165, 1.54) is 11.8 Å². The first-order chi connectivity index (χ1) is 15.3. The molecule has 1 aromatic rings. The van der Waals surface area contributed by atoms with Crippen molar-refractivity contribution in [1.82, 2.24) is 9.47 Å². The molecule has 1 aromatic heterocycles. The van der Waals surface area contributed by atoms with Crippen molar-refractivity contribution in [3.05, 3.63) is 31.9 Å². The summed E-state index contributed by atoms with van der Waals surface area (Å²) in [5.74, 6) is 0.937. The van der Waals surface area contributed by atoms with Crippen molar-refractivity contribution in [3.8, 4) is 6.07 Å². The Morgan fingerprint density at radius 2 is 1.97 bits per heavy atom. The van der Waals surface area contributed by atoms with E-state index in [4.69, 9.17) is 17.0 Å². The highest BCUT2D eigenvalue weighted by molar-refractivity contribution is 8.26. The molecular formula is C23H30N4O3S2. The maximum absolute atomic E-state index is 13.2. The number of hydrogen-bond donors (Lipinski definition) is 0. The fraction of sp³-hybridized carbons (Fsp3) is 0.565. The molecule has 0 aromatic carbocycles. The average molecular weight is 475 g/mol. The number of hydrogen-bond acceptors (Lipinski definition) is 7. The van der Waals surface area contributed by atoms with Crippen LogP contribution in [0.15, 0.2) is 9.70 Å². The molecule has 0 radical (unpaired) electrons. The van der Waals surface area contributed by atoms with Crippen LogP contribution in [-0.4, -0.2) is 52.5 Å². The van der Waals surface area contributed by atoms with Crippen LogP contribution in [0.4, 0.5) is 5.82 Å².